The molecule has 2 atom stereocenters. The van der Waals surface area contributed by atoms with Gasteiger partial charge in [0.2, 0.25) is 5.91 Å². The number of hydrogen-bond donors (Lipinski definition) is 1. The molecule has 7 nitrogen and oxygen atoms in total. The normalized spacial score (nSPS) is 26.9. The number of carbonyl (C=O) groups is 1. The number of allylic oxidation sites excluding steroid dienone is 1. The molecule has 2 saturated heterocycles. The molecule has 1 aromatic rings. The highest BCUT2D eigenvalue weighted by atomic mass is 16.5. The molecule has 0 radical (unpaired) electrons. The highest BCUT2D eigenvalue weighted by Crippen LogP contribution is 2.42. The summed E-state index contributed by atoms with van der Waals surface area (Å²) in [4.78, 5) is 19.6. The zero-order chi connectivity index (χ0) is 17.2. The number of ether oxygens (including phenoxy) is 1. The second-order valence-corrected chi connectivity index (χ2v) is 7.14. The number of hydrogen-bond acceptors (Lipinski definition) is 5. The first-order chi connectivity index (χ1) is 11.5. The third-order valence-corrected chi connectivity index (χ3v) is 5.17. The van der Waals surface area contributed by atoms with E-state index < -0.39 is 0 Å². The molecule has 3 rings (SSSR count). The van der Waals surface area contributed by atoms with E-state index in [1.54, 1.807) is 11.0 Å². The van der Waals surface area contributed by atoms with Crippen molar-refractivity contribution in [2.24, 2.45) is 18.4 Å². The van der Waals surface area contributed by atoms with Gasteiger partial charge < -0.3 is 10.1 Å². The van der Waals surface area contributed by atoms with E-state index in [0.717, 1.165) is 31.9 Å². The molecule has 1 aromatic heterocycles. The summed E-state index contributed by atoms with van der Waals surface area (Å²) in [5, 5.41) is 7.23. The largest absolute Gasteiger partial charge is 0.381 e. The van der Waals surface area contributed by atoms with Crippen molar-refractivity contribution >= 4 is 5.91 Å². The van der Waals surface area contributed by atoms with Crippen LogP contribution in [0.3, 0.4) is 0 Å². The molecule has 24 heavy (non-hydrogen) atoms. The summed E-state index contributed by atoms with van der Waals surface area (Å²) in [5.74, 6) is 1.33. The highest BCUT2D eigenvalue weighted by Gasteiger charge is 2.53. The third kappa shape index (κ3) is 3.37. The molecule has 0 aromatic carbocycles. The number of amides is 1. The minimum atomic E-state index is -0.341. The van der Waals surface area contributed by atoms with E-state index in [1.165, 1.54) is 5.57 Å². The first-order valence-corrected chi connectivity index (χ1v) is 8.56. The Hall–Kier alpha value is -1.73. The number of nitrogens with one attached hydrogen (secondary N) is 1. The van der Waals surface area contributed by atoms with Gasteiger partial charge in [0.05, 0.1) is 18.6 Å². The van der Waals surface area contributed by atoms with Gasteiger partial charge in [-0.25, -0.2) is 4.98 Å². The Labute approximate surface area is 143 Å². The van der Waals surface area contributed by atoms with Crippen LogP contribution < -0.4 is 5.32 Å². The molecule has 2 aliphatic rings. The maximum absolute atomic E-state index is 12.9. The summed E-state index contributed by atoms with van der Waals surface area (Å²) in [7, 11) is 1.90. The molecule has 2 aliphatic heterocycles. The van der Waals surface area contributed by atoms with Crippen LogP contribution >= 0.6 is 0 Å². The van der Waals surface area contributed by atoms with Crippen LogP contribution in [-0.4, -0.2) is 58.4 Å². The lowest BCUT2D eigenvalue weighted by atomic mass is 9.73. The van der Waals surface area contributed by atoms with Crippen molar-refractivity contribution in [3.8, 4) is 0 Å². The van der Waals surface area contributed by atoms with Crippen LogP contribution in [0.2, 0.25) is 0 Å². The molecule has 3 heterocycles. The van der Waals surface area contributed by atoms with E-state index >= 15 is 0 Å². The fraction of sp³-hybridized carbons (Fsp3) is 0.706. The summed E-state index contributed by atoms with van der Waals surface area (Å²) in [6.07, 6.45) is 4.41. The smallest absolute Gasteiger partial charge is 0.228 e. The summed E-state index contributed by atoms with van der Waals surface area (Å²) in [6, 6.07) is 0. The summed E-state index contributed by atoms with van der Waals surface area (Å²) in [5.41, 5.74) is 0.874. The number of carbonyl (C=O) groups excluding carboxylic acids is 1. The average molecular weight is 333 g/mol. The lowest BCUT2D eigenvalue weighted by molar-refractivity contribution is -0.139. The second kappa shape index (κ2) is 7.03. The summed E-state index contributed by atoms with van der Waals surface area (Å²) < 4.78 is 7.45. The average Bonchev–Trinajstić information content (AvgIpc) is 3.11. The molecular weight excluding hydrogens is 306 g/mol. The van der Waals surface area contributed by atoms with Crippen molar-refractivity contribution in [1.29, 1.82) is 0 Å². The Morgan fingerprint density at radius 3 is 3.08 bits per heavy atom. The second-order valence-electron chi connectivity index (χ2n) is 7.14. The lowest BCUT2D eigenvalue weighted by Gasteiger charge is -2.36. The maximum atomic E-state index is 12.9. The monoisotopic (exact) mass is 333 g/mol. The molecule has 2 fully saturated rings. The van der Waals surface area contributed by atoms with Crippen LogP contribution in [0.25, 0.3) is 0 Å². The van der Waals surface area contributed by atoms with E-state index in [-0.39, 0.29) is 17.2 Å². The molecule has 0 aliphatic carbocycles. The van der Waals surface area contributed by atoms with Crippen molar-refractivity contribution in [2.45, 2.75) is 26.8 Å². The van der Waals surface area contributed by atoms with E-state index in [4.69, 9.17) is 4.74 Å². The van der Waals surface area contributed by atoms with E-state index in [2.05, 4.69) is 26.4 Å². The highest BCUT2D eigenvalue weighted by molar-refractivity contribution is 5.84. The van der Waals surface area contributed by atoms with Crippen molar-refractivity contribution in [3.63, 3.8) is 0 Å². The van der Waals surface area contributed by atoms with Crippen LogP contribution in [-0.2, 0) is 23.1 Å². The maximum Gasteiger partial charge on any atom is 0.228 e. The predicted octanol–water partition coefficient (Wildman–Crippen LogP) is 0.736. The fourth-order valence-electron chi connectivity index (χ4n) is 3.73. The molecule has 1 N–H and O–H groups in total. The number of fused-ring (bicyclic) bond motifs is 1. The third-order valence-electron chi connectivity index (χ3n) is 5.17. The van der Waals surface area contributed by atoms with Gasteiger partial charge in [-0.15, -0.1) is 0 Å². The molecule has 0 saturated carbocycles. The van der Waals surface area contributed by atoms with Gasteiger partial charge in [0, 0.05) is 39.2 Å². The van der Waals surface area contributed by atoms with Crippen molar-refractivity contribution < 1.29 is 9.53 Å². The van der Waals surface area contributed by atoms with Crippen molar-refractivity contribution in [1.82, 2.24) is 25.0 Å². The predicted molar refractivity (Wildman–Crippen MR) is 90.1 cm³/mol. The molecular formula is C17H27N5O2. The number of nitrogens with zero attached hydrogens (tertiary/aromatic N) is 4. The zero-order valence-corrected chi connectivity index (χ0v) is 14.8. The van der Waals surface area contributed by atoms with Crippen LogP contribution in [0.15, 0.2) is 18.0 Å². The number of aryl methyl sites for hydroxylation is 1. The van der Waals surface area contributed by atoms with Crippen molar-refractivity contribution in [3.05, 3.63) is 23.8 Å². The van der Waals surface area contributed by atoms with Gasteiger partial charge in [0.25, 0.3) is 0 Å². The minimum absolute atomic E-state index is 0.161. The Morgan fingerprint density at radius 1 is 1.54 bits per heavy atom. The Morgan fingerprint density at radius 2 is 2.38 bits per heavy atom. The standard InChI is InChI=1S/C17H27N5O2/c1-13(2)4-6-18-16(23)17-5-7-24-10-14(17)8-22(11-17)9-15-19-12-20-21(15)3/h4,12,14H,5-11H2,1-3H3,(H,18,23). The van der Waals surface area contributed by atoms with Gasteiger partial charge in [-0.2, -0.15) is 5.10 Å². The van der Waals surface area contributed by atoms with Crippen molar-refractivity contribution in [2.75, 3.05) is 32.8 Å². The van der Waals surface area contributed by atoms with E-state index in [9.17, 15) is 4.79 Å². The van der Waals surface area contributed by atoms with Gasteiger partial charge in [-0.05, 0) is 20.3 Å². The summed E-state index contributed by atoms with van der Waals surface area (Å²) in [6.45, 7) is 8.34. The molecule has 132 valence electrons. The Kier molecular flexibility index (Phi) is 5.01. The topological polar surface area (TPSA) is 72.3 Å². The first kappa shape index (κ1) is 17.1. The number of likely N-dealkylation sites (tertiary alicyclic amines) is 1. The number of aromatic nitrogens is 3. The van der Waals surface area contributed by atoms with Crippen LogP contribution in [0.1, 0.15) is 26.1 Å². The van der Waals surface area contributed by atoms with Gasteiger partial charge in [-0.3, -0.25) is 14.4 Å². The molecule has 2 unspecified atom stereocenters. The first-order valence-electron chi connectivity index (χ1n) is 8.56. The molecule has 7 heteroatoms. The SMILES string of the molecule is CC(C)=CCNC(=O)C12CCOCC1CN(Cc1ncnn1C)C2. The van der Waals surface area contributed by atoms with Crippen LogP contribution in [0, 0.1) is 11.3 Å². The van der Waals surface area contributed by atoms with E-state index in [1.807, 2.05) is 20.9 Å². The van der Waals surface area contributed by atoms with E-state index in [0.29, 0.717) is 19.8 Å². The molecule has 0 bridgehead atoms. The molecule has 1 amide bonds. The van der Waals surface area contributed by atoms with Gasteiger partial charge in [0.1, 0.15) is 12.2 Å². The Bertz CT molecular complexity index is 622. The van der Waals surface area contributed by atoms with Crippen LogP contribution in [0.5, 0.6) is 0 Å². The van der Waals surface area contributed by atoms with Gasteiger partial charge >= 0.3 is 0 Å². The summed E-state index contributed by atoms with van der Waals surface area (Å²) >= 11 is 0. The Balaban J connectivity index is 1.70. The zero-order valence-electron chi connectivity index (χ0n) is 14.8. The quantitative estimate of drug-likeness (QED) is 0.805. The van der Waals surface area contributed by atoms with Crippen LogP contribution in [0.4, 0.5) is 0 Å². The minimum Gasteiger partial charge on any atom is -0.381 e. The number of rotatable bonds is 5. The lowest BCUT2D eigenvalue weighted by Crippen LogP contribution is -2.50. The molecule has 0 spiro atoms. The fourth-order valence-corrected chi connectivity index (χ4v) is 3.73. The van der Waals surface area contributed by atoms with Gasteiger partial charge in [-0.1, -0.05) is 11.6 Å². The van der Waals surface area contributed by atoms with Gasteiger partial charge in [0.15, 0.2) is 0 Å².